The summed E-state index contributed by atoms with van der Waals surface area (Å²) in [5.41, 5.74) is 3.68. The lowest BCUT2D eigenvalue weighted by Gasteiger charge is -2.31. The van der Waals surface area contributed by atoms with Crippen molar-refractivity contribution in [2.24, 2.45) is 17.8 Å². The average molecular weight is 604 g/mol. The van der Waals surface area contributed by atoms with Crippen molar-refractivity contribution >= 4 is 22.8 Å². The first-order valence-electron chi connectivity index (χ1n) is 15.9. The molecule has 2 saturated carbocycles. The van der Waals surface area contributed by atoms with Gasteiger partial charge in [-0.25, -0.2) is 14.8 Å². The van der Waals surface area contributed by atoms with Crippen molar-refractivity contribution in [3.05, 3.63) is 71.7 Å². The summed E-state index contributed by atoms with van der Waals surface area (Å²) in [5.74, 6) is 9.34. The predicted molar refractivity (Wildman–Crippen MR) is 169 cm³/mol. The number of hydrogen-bond acceptors (Lipinski definition) is 6. The van der Waals surface area contributed by atoms with E-state index in [1.54, 1.807) is 6.20 Å². The van der Waals surface area contributed by atoms with Crippen molar-refractivity contribution in [2.45, 2.75) is 69.7 Å². The molecule has 0 spiro atoms. The number of ether oxygens (including phenoxy) is 1. The minimum absolute atomic E-state index is 0.0792. The molecule has 2 amide bonds. The third-order valence-electron chi connectivity index (χ3n) is 9.95. The Bertz CT molecular complexity index is 1850. The molecule has 2 aliphatic heterocycles. The average Bonchev–Trinajstić information content (AvgIpc) is 3.61. The van der Waals surface area contributed by atoms with Crippen LogP contribution < -0.4 is 10.6 Å². The SMILES string of the molecule is COC(=O)N[C@H](C(=O)N1[C@@H]2C[C@@H]2C[C@H]1c1nc(C#Cc2ccc3cc(-c4cnc([C@@H]5C[C@H]6C[C@H]6N5)[nH]4)ccc3c2)c[nH]1)C(C)C. The van der Waals surface area contributed by atoms with E-state index in [0.717, 1.165) is 58.0 Å². The first-order chi connectivity index (χ1) is 21.8. The summed E-state index contributed by atoms with van der Waals surface area (Å²) in [7, 11) is 1.31. The van der Waals surface area contributed by atoms with Crippen LogP contribution in [0.2, 0.25) is 0 Å². The highest BCUT2D eigenvalue weighted by atomic mass is 16.5. The Hall–Kier alpha value is -4.62. The van der Waals surface area contributed by atoms with Crippen LogP contribution in [-0.4, -0.2) is 62.1 Å². The van der Waals surface area contributed by atoms with E-state index in [4.69, 9.17) is 9.72 Å². The molecule has 0 bridgehead atoms. The summed E-state index contributed by atoms with van der Waals surface area (Å²) >= 11 is 0. The number of aromatic amines is 2. The van der Waals surface area contributed by atoms with Crippen molar-refractivity contribution in [3.63, 3.8) is 0 Å². The number of alkyl carbamates (subject to hydrolysis) is 1. The molecule has 10 heteroatoms. The second-order valence-corrected chi connectivity index (χ2v) is 13.4. The fraction of sp³-hybridized carbons (Fsp3) is 0.429. The van der Waals surface area contributed by atoms with Gasteiger partial charge in [0.05, 0.1) is 31.1 Å². The number of carbonyl (C=O) groups is 2. The first kappa shape index (κ1) is 27.9. The largest absolute Gasteiger partial charge is 0.453 e. The number of rotatable bonds is 6. The minimum atomic E-state index is -0.658. The zero-order valence-corrected chi connectivity index (χ0v) is 25.6. The lowest BCUT2D eigenvalue weighted by Crippen LogP contribution is -2.52. The van der Waals surface area contributed by atoms with Crippen LogP contribution in [0.4, 0.5) is 4.79 Å². The van der Waals surface area contributed by atoms with Crippen molar-refractivity contribution in [1.29, 1.82) is 0 Å². The van der Waals surface area contributed by atoms with Crippen LogP contribution in [0.1, 0.15) is 74.5 Å². The van der Waals surface area contributed by atoms with Crippen molar-refractivity contribution in [1.82, 2.24) is 35.5 Å². The zero-order valence-electron chi connectivity index (χ0n) is 25.6. The van der Waals surface area contributed by atoms with Crippen LogP contribution in [0, 0.1) is 29.6 Å². The van der Waals surface area contributed by atoms with E-state index in [1.807, 2.05) is 31.0 Å². The second kappa shape index (κ2) is 10.8. The number of benzene rings is 2. The predicted octanol–water partition coefficient (Wildman–Crippen LogP) is 4.82. The molecule has 2 aliphatic carbocycles. The Morgan fingerprint density at radius 1 is 1.02 bits per heavy atom. The molecule has 8 rings (SSSR count). The maximum atomic E-state index is 13.6. The molecular weight excluding hydrogens is 566 g/mol. The third-order valence-corrected chi connectivity index (χ3v) is 9.95. The number of likely N-dealkylation sites (tertiary alicyclic amines) is 1. The standard InChI is InChI=1S/C35H37N7O3/c1-18(2)31(41-35(44)45-3)34(43)42-29-14-24(29)15-30(42)33-36-16-25(38-33)9-5-19-4-6-21-11-22(8-7-20(21)10-19)28-17-37-32(40-28)27-13-23-12-26(23)39-27/h4,6-8,10-11,16-18,23-24,26-27,29-31,39H,12-15H2,1-3H3,(H,36,38)(H,37,40)(H,41,44)/t23-,24-,26-,27+,29-,30+,31+/m1/s1. The molecule has 2 saturated heterocycles. The zero-order chi connectivity index (χ0) is 30.8. The van der Waals surface area contributed by atoms with E-state index in [-0.39, 0.29) is 23.9 Å². The van der Waals surface area contributed by atoms with Crippen LogP contribution in [0.15, 0.2) is 48.8 Å². The monoisotopic (exact) mass is 603 g/mol. The molecule has 4 heterocycles. The number of nitrogens with zero attached hydrogens (tertiary/aromatic N) is 3. The first-order valence-corrected chi connectivity index (χ1v) is 15.9. The van der Waals surface area contributed by atoms with Crippen LogP contribution >= 0.6 is 0 Å². The van der Waals surface area contributed by atoms with E-state index in [9.17, 15) is 9.59 Å². The molecule has 7 atom stereocenters. The summed E-state index contributed by atoms with van der Waals surface area (Å²) in [5, 5.41) is 8.64. The van der Waals surface area contributed by atoms with Crippen molar-refractivity contribution in [2.75, 3.05) is 7.11 Å². The van der Waals surface area contributed by atoms with Gasteiger partial charge in [-0.15, -0.1) is 0 Å². The molecule has 2 aromatic carbocycles. The number of fused-ring (bicyclic) bond motifs is 3. The number of imidazole rings is 2. The number of aromatic nitrogens is 4. The molecule has 0 radical (unpaired) electrons. The van der Waals surface area contributed by atoms with Crippen LogP contribution in [0.25, 0.3) is 22.0 Å². The molecule has 230 valence electrons. The molecule has 45 heavy (non-hydrogen) atoms. The van der Waals surface area contributed by atoms with Crippen LogP contribution in [-0.2, 0) is 9.53 Å². The summed E-state index contributed by atoms with van der Waals surface area (Å²) in [6, 6.07) is 13.1. The molecular formula is C35H37N7O3. The lowest BCUT2D eigenvalue weighted by atomic mass is 10.0. The van der Waals surface area contributed by atoms with E-state index in [0.29, 0.717) is 23.7 Å². The number of nitrogens with one attached hydrogen (secondary N) is 4. The van der Waals surface area contributed by atoms with Gasteiger partial charge >= 0.3 is 6.09 Å². The van der Waals surface area contributed by atoms with E-state index in [1.165, 1.54) is 20.0 Å². The molecule has 10 nitrogen and oxygen atoms in total. The number of carbonyl (C=O) groups excluding carboxylic acids is 2. The normalized spacial score (nSPS) is 26.6. The van der Waals surface area contributed by atoms with E-state index >= 15 is 0 Å². The van der Waals surface area contributed by atoms with Gasteiger partial charge in [0.25, 0.3) is 0 Å². The van der Waals surface area contributed by atoms with Gasteiger partial charge in [0.2, 0.25) is 5.91 Å². The van der Waals surface area contributed by atoms with Gasteiger partial charge in [-0.1, -0.05) is 38.0 Å². The van der Waals surface area contributed by atoms with Gasteiger partial charge in [-0.3, -0.25) is 4.79 Å². The maximum Gasteiger partial charge on any atom is 0.407 e. The summed E-state index contributed by atoms with van der Waals surface area (Å²) in [6.07, 6.45) is 7.46. The van der Waals surface area contributed by atoms with Gasteiger partial charge in [0.15, 0.2) is 0 Å². The topological polar surface area (TPSA) is 128 Å². The number of hydrogen-bond donors (Lipinski definition) is 4. The minimum Gasteiger partial charge on any atom is -0.453 e. The Morgan fingerprint density at radius 3 is 2.67 bits per heavy atom. The third kappa shape index (κ3) is 5.25. The summed E-state index contributed by atoms with van der Waals surface area (Å²) in [4.78, 5) is 43.7. The number of amides is 2. The van der Waals surface area contributed by atoms with Gasteiger partial charge in [-0.05, 0) is 78.3 Å². The lowest BCUT2D eigenvalue weighted by molar-refractivity contribution is -0.136. The van der Waals surface area contributed by atoms with Crippen LogP contribution in [0.5, 0.6) is 0 Å². The number of methoxy groups -OCH3 is 1. The van der Waals surface area contributed by atoms with Crippen molar-refractivity contribution < 1.29 is 14.3 Å². The number of piperidine rings is 2. The summed E-state index contributed by atoms with van der Waals surface area (Å²) in [6.45, 7) is 3.84. The maximum absolute atomic E-state index is 13.6. The quantitative estimate of drug-likeness (QED) is 0.234. The molecule has 2 aromatic heterocycles. The molecule has 4 N–H and O–H groups in total. The highest BCUT2D eigenvalue weighted by molar-refractivity contribution is 5.88. The fourth-order valence-electron chi connectivity index (χ4n) is 7.27. The molecule has 4 aliphatic rings. The fourth-order valence-corrected chi connectivity index (χ4v) is 7.27. The van der Waals surface area contributed by atoms with Crippen molar-refractivity contribution in [3.8, 4) is 23.1 Å². The Labute approximate surface area is 261 Å². The molecule has 4 fully saturated rings. The second-order valence-electron chi connectivity index (χ2n) is 13.4. The number of H-pyrrole nitrogens is 2. The van der Waals surface area contributed by atoms with Gasteiger partial charge in [-0.2, -0.15) is 0 Å². The van der Waals surface area contributed by atoms with Gasteiger partial charge in [0.1, 0.15) is 23.4 Å². The van der Waals surface area contributed by atoms with Gasteiger partial charge < -0.3 is 30.2 Å². The Balaban J connectivity index is 0.966. The van der Waals surface area contributed by atoms with Gasteiger partial charge in [0, 0.05) is 29.4 Å². The Kier molecular flexibility index (Phi) is 6.68. The molecule has 0 unspecified atom stereocenters. The highest BCUT2D eigenvalue weighted by Crippen LogP contribution is 2.53. The summed E-state index contributed by atoms with van der Waals surface area (Å²) < 4.78 is 4.77. The van der Waals surface area contributed by atoms with E-state index < -0.39 is 12.1 Å². The highest BCUT2D eigenvalue weighted by Gasteiger charge is 2.56. The Morgan fingerprint density at radius 2 is 1.87 bits per heavy atom. The smallest absolute Gasteiger partial charge is 0.407 e. The molecule has 4 aromatic rings. The van der Waals surface area contributed by atoms with Crippen LogP contribution in [0.3, 0.4) is 0 Å². The van der Waals surface area contributed by atoms with E-state index in [2.05, 4.69) is 67.8 Å².